The predicted molar refractivity (Wildman–Crippen MR) is 85.0 cm³/mol. The topological polar surface area (TPSA) is 85.1 Å². The number of carbonyl (C=O) groups is 1. The van der Waals surface area contributed by atoms with E-state index in [1.807, 2.05) is 19.1 Å². The molecule has 1 atom stereocenters. The monoisotopic (exact) mass is 317 g/mol. The second-order valence-corrected chi connectivity index (χ2v) is 5.47. The summed E-state index contributed by atoms with van der Waals surface area (Å²) in [5.41, 5.74) is 1.13. The number of aromatic nitrogens is 1. The normalized spacial score (nSPS) is 11.7. The summed E-state index contributed by atoms with van der Waals surface area (Å²) in [5, 5.41) is 13.9. The van der Waals surface area contributed by atoms with E-state index in [9.17, 15) is 14.9 Å². The molecular formula is C15H15N3O3S. The van der Waals surface area contributed by atoms with Crippen LogP contribution < -0.4 is 5.32 Å². The summed E-state index contributed by atoms with van der Waals surface area (Å²) in [7, 11) is 0. The molecule has 0 radical (unpaired) electrons. The Bertz CT molecular complexity index is 692. The largest absolute Gasteiger partial charge is 0.346 e. The van der Waals surface area contributed by atoms with E-state index in [0.717, 1.165) is 5.56 Å². The van der Waals surface area contributed by atoms with Gasteiger partial charge in [0, 0.05) is 24.0 Å². The fourth-order valence-corrected chi connectivity index (χ4v) is 2.54. The van der Waals surface area contributed by atoms with Crippen molar-refractivity contribution >= 4 is 23.4 Å². The Balaban J connectivity index is 2.19. The lowest BCUT2D eigenvalue weighted by Crippen LogP contribution is -2.26. The van der Waals surface area contributed by atoms with Gasteiger partial charge in [-0.2, -0.15) is 0 Å². The molecule has 2 rings (SSSR count). The first-order valence-corrected chi connectivity index (χ1v) is 7.78. The molecule has 0 saturated heterocycles. The fourth-order valence-electron chi connectivity index (χ4n) is 1.99. The SMILES string of the molecule is CSc1ccc(C(=O)NC(C)c2ccncc2)cc1[N+](=O)[O-]. The zero-order valence-electron chi connectivity index (χ0n) is 12.1. The molecule has 7 heteroatoms. The first-order chi connectivity index (χ1) is 10.5. The number of hydrogen-bond acceptors (Lipinski definition) is 5. The Morgan fingerprint density at radius 3 is 2.59 bits per heavy atom. The first-order valence-electron chi connectivity index (χ1n) is 6.56. The van der Waals surface area contributed by atoms with Crippen LogP contribution in [0.25, 0.3) is 0 Å². The van der Waals surface area contributed by atoms with Crippen LogP contribution in [0.3, 0.4) is 0 Å². The lowest BCUT2D eigenvalue weighted by Gasteiger charge is -2.14. The van der Waals surface area contributed by atoms with E-state index < -0.39 is 4.92 Å². The second kappa shape index (κ2) is 7.04. The van der Waals surface area contributed by atoms with Crippen LogP contribution in [-0.4, -0.2) is 22.1 Å². The Labute approximate surface area is 132 Å². The highest BCUT2D eigenvalue weighted by atomic mass is 32.2. The molecule has 0 aliphatic rings. The number of benzene rings is 1. The van der Waals surface area contributed by atoms with Crippen molar-refractivity contribution in [3.05, 3.63) is 64.0 Å². The van der Waals surface area contributed by atoms with Gasteiger partial charge in [-0.3, -0.25) is 19.9 Å². The number of pyridine rings is 1. The number of thioether (sulfide) groups is 1. The summed E-state index contributed by atoms with van der Waals surface area (Å²) in [5.74, 6) is -0.347. The van der Waals surface area contributed by atoms with E-state index in [1.54, 1.807) is 30.8 Å². The third-order valence-electron chi connectivity index (χ3n) is 3.19. The van der Waals surface area contributed by atoms with Gasteiger partial charge < -0.3 is 5.32 Å². The molecule has 0 aliphatic carbocycles. The number of nitrogens with one attached hydrogen (secondary N) is 1. The molecule has 1 heterocycles. The van der Waals surface area contributed by atoms with Crippen LogP contribution in [0.5, 0.6) is 0 Å². The van der Waals surface area contributed by atoms with Crippen molar-refractivity contribution < 1.29 is 9.72 Å². The standard InChI is InChI=1S/C15H15N3O3S/c1-10(11-5-7-16-8-6-11)17-15(19)12-3-4-14(22-2)13(9-12)18(20)21/h3-10H,1-2H3,(H,17,19). The van der Waals surface area contributed by atoms with Crippen LogP contribution in [0.2, 0.25) is 0 Å². The summed E-state index contributed by atoms with van der Waals surface area (Å²) in [4.78, 5) is 27.3. The van der Waals surface area contributed by atoms with Crippen molar-refractivity contribution in [3.8, 4) is 0 Å². The summed E-state index contributed by atoms with van der Waals surface area (Å²) in [6, 6.07) is 7.90. The number of nitro groups is 1. The molecule has 1 amide bonds. The zero-order valence-corrected chi connectivity index (χ0v) is 13.0. The van der Waals surface area contributed by atoms with E-state index in [-0.39, 0.29) is 23.2 Å². The van der Waals surface area contributed by atoms with E-state index >= 15 is 0 Å². The fraction of sp³-hybridized carbons (Fsp3) is 0.200. The highest BCUT2D eigenvalue weighted by Gasteiger charge is 2.18. The highest BCUT2D eigenvalue weighted by Crippen LogP contribution is 2.28. The maximum absolute atomic E-state index is 12.2. The van der Waals surface area contributed by atoms with E-state index in [2.05, 4.69) is 10.3 Å². The third kappa shape index (κ3) is 3.62. The molecule has 0 bridgehead atoms. The molecule has 6 nitrogen and oxygen atoms in total. The van der Waals surface area contributed by atoms with Gasteiger partial charge in [0.05, 0.1) is 15.9 Å². The molecule has 0 saturated carbocycles. The van der Waals surface area contributed by atoms with Crippen molar-refractivity contribution in [2.75, 3.05) is 6.26 Å². The Morgan fingerprint density at radius 1 is 1.32 bits per heavy atom. The molecule has 114 valence electrons. The number of nitro benzene ring substituents is 1. The lowest BCUT2D eigenvalue weighted by atomic mass is 10.1. The van der Waals surface area contributed by atoms with Crippen molar-refractivity contribution in [1.82, 2.24) is 10.3 Å². The molecule has 1 N–H and O–H groups in total. The van der Waals surface area contributed by atoms with Gasteiger partial charge in [0.1, 0.15) is 0 Å². The minimum Gasteiger partial charge on any atom is -0.346 e. The van der Waals surface area contributed by atoms with Gasteiger partial charge in [0.15, 0.2) is 0 Å². The van der Waals surface area contributed by atoms with Crippen LogP contribution in [0.1, 0.15) is 28.9 Å². The van der Waals surface area contributed by atoms with E-state index in [0.29, 0.717) is 4.90 Å². The molecule has 0 spiro atoms. The van der Waals surface area contributed by atoms with Crippen molar-refractivity contribution in [3.63, 3.8) is 0 Å². The number of nitrogens with zero attached hydrogens (tertiary/aromatic N) is 2. The Morgan fingerprint density at radius 2 is 2.00 bits per heavy atom. The van der Waals surface area contributed by atoms with Gasteiger partial charge in [0.2, 0.25) is 0 Å². The minimum atomic E-state index is -0.477. The Kier molecular flexibility index (Phi) is 5.11. The molecule has 22 heavy (non-hydrogen) atoms. The minimum absolute atomic E-state index is 0.0586. The molecular weight excluding hydrogens is 302 g/mol. The maximum atomic E-state index is 12.2. The molecule has 0 aliphatic heterocycles. The highest BCUT2D eigenvalue weighted by molar-refractivity contribution is 7.98. The predicted octanol–water partition coefficient (Wildman–Crippen LogP) is 3.20. The van der Waals surface area contributed by atoms with Crippen molar-refractivity contribution in [1.29, 1.82) is 0 Å². The van der Waals surface area contributed by atoms with Gasteiger partial charge >= 0.3 is 0 Å². The van der Waals surface area contributed by atoms with Crippen LogP contribution in [0.15, 0.2) is 47.6 Å². The van der Waals surface area contributed by atoms with E-state index in [4.69, 9.17) is 0 Å². The number of rotatable bonds is 5. The zero-order chi connectivity index (χ0) is 16.1. The van der Waals surface area contributed by atoms with Crippen molar-refractivity contribution in [2.24, 2.45) is 0 Å². The van der Waals surface area contributed by atoms with Gasteiger partial charge in [-0.15, -0.1) is 11.8 Å². The van der Waals surface area contributed by atoms with Gasteiger partial charge in [-0.25, -0.2) is 0 Å². The van der Waals surface area contributed by atoms with Gasteiger partial charge in [-0.05, 0) is 43.0 Å². The maximum Gasteiger partial charge on any atom is 0.283 e. The number of hydrogen-bond donors (Lipinski definition) is 1. The van der Waals surface area contributed by atoms with E-state index in [1.165, 1.54) is 17.8 Å². The third-order valence-corrected chi connectivity index (χ3v) is 3.98. The molecule has 0 fully saturated rings. The smallest absolute Gasteiger partial charge is 0.283 e. The first kappa shape index (κ1) is 16.0. The molecule has 1 aromatic carbocycles. The molecule has 1 aromatic heterocycles. The summed E-state index contributed by atoms with van der Waals surface area (Å²) in [6.07, 6.45) is 5.06. The van der Waals surface area contributed by atoms with Gasteiger partial charge in [0.25, 0.3) is 11.6 Å². The average molecular weight is 317 g/mol. The summed E-state index contributed by atoms with van der Waals surface area (Å²) < 4.78 is 0. The number of carbonyl (C=O) groups excluding carboxylic acids is 1. The molecule has 2 aromatic rings. The summed E-state index contributed by atoms with van der Waals surface area (Å²) >= 11 is 1.27. The van der Waals surface area contributed by atoms with Crippen molar-refractivity contribution in [2.45, 2.75) is 17.9 Å². The Hall–Kier alpha value is -2.41. The van der Waals surface area contributed by atoms with Crippen LogP contribution >= 0.6 is 11.8 Å². The molecule has 1 unspecified atom stereocenters. The summed E-state index contributed by atoms with van der Waals surface area (Å²) in [6.45, 7) is 1.85. The van der Waals surface area contributed by atoms with Crippen LogP contribution in [0, 0.1) is 10.1 Å². The second-order valence-electron chi connectivity index (χ2n) is 4.62. The quantitative estimate of drug-likeness (QED) is 0.520. The van der Waals surface area contributed by atoms with Crippen LogP contribution in [-0.2, 0) is 0 Å². The number of amides is 1. The average Bonchev–Trinajstić information content (AvgIpc) is 2.54. The van der Waals surface area contributed by atoms with Gasteiger partial charge in [-0.1, -0.05) is 0 Å². The van der Waals surface area contributed by atoms with Crippen LogP contribution in [0.4, 0.5) is 5.69 Å². The lowest BCUT2D eigenvalue weighted by molar-refractivity contribution is -0.387.